The second-order valence-electron chi connectivity index (χ2n) is 5.37. The second-order valence-corrected chi connectivity index (χ2v) is 5.37. The highest BCUT2D eigenvalue weighted by molar-refractivity contribution is 5.79. The van der Waals surface area contributed by atoms with Gasteiger partial charge in [0.1, 0.15) is 0 Å². The van der Waals surface area contributed by atoms with E-state index in [1.165, 1.54) is 0 Å². The van der Waals surface area contributed by atoms with E-state index in [0.717, 1.165) is 0 Å². The van der Waals surface area contributed by atoms with Gasteiger partial charge in [-0.15, -0.1) is 0 Å². The third kappa shape index (κ3) is 2.96. The molecule has 0 saturated heterocycles. The van der Waals surface area contributed by atoms with Crippen molar-refractivity contribution >= 4 is 5.91 Å². The lowest BCUT2D eigenvalue weighted by atomic mass is 9.77. The molecule has 2 saturated carbocycles. The zero-order chi connectivity index (χ0) is 13.3. The van der Waals surface area contributed by atoms with Gasteiger partial charge in [0.2, 0.25) is 5.91 Å². The minimum absolute atomic E-state index is 0.0505. The predicted molar refractivity (Wildman–Crippen MR) is 58.7 cm³/mol. The highest BCUT2D eigenvalue weighted by Crippen LogP contribution is 2.41. The summed E-state index contributed by atoms with van der Waals surface area (Å²) < 4.78 is 38.5. The van der Waals surface area contributed by atoms with Gasteiger partial charge >= 0.3 is 6.18 Å². The Morgan fingerprint density at radius 2 is 1.78 bits per heavy atom. The van der Waals surface area contributed by atoms with Crippen LogP contribution in [0.4, 0.5) is 13.2 Å². The lowest BCUT2D eigenvalue weighted by Gasteiger charge is -2.36. The summed E-state index contributed by atoms with van der Waals surface area (Å²) in [5, 5.41) is 11.7. The lowest BCUT2D eigenvalue weighted by molar-refractivity contribution is -0.198. The molecule has 0 aliphatic heterocycles. The normalized spacial score (nSPS) is 36.9. The van der Waals surface area contributed by atoms with Crippen LogP contribution in [0, 0.1) is 11.8 Å². The van der Waals surface area contributed by atoms with Gasteiger partial charge < -0.3 is 10.4 Å². The molecule has 2 atom stereocenters. The number of carbonyl (C=O) groups is 1. The van der Waals surface area contributed by atoms with Crippen molar-refractivity contribution in [3.05, 3.63) is 0 Å². The summed E-state index contributed by atoms with van der Waals surface area (Å²) in [6, 6.07) is -0.150. The number of rotatable bonds is 2. The van der Waals surface area contributed by atoms with Crippen LogP contribution in [0.5, 0.6) is 0 Å². The highest BCUT2D eigenvalue weighted by atomic mass is 19.4. The molecular formula is C12H18F3NO2. The Balaban J connectivity index is 1.93. The van der Waals surface area contributed by atoms with Crippen molar-refractivity contribution in [2.45, 2.75) is 56.8 Å². The van der Waals surface area contributed by atoms with Gasteiger partial charge in [-0.1, -0.05) is 12.8 Å². The van der Waals surface area contributed by atoms with E-state index in [0.29, 0.717) is 32.1 Å². The third-order valence-corrected chi connectivity index (χ3v) is 3.98. The van der Waals surface area contributed by atoms with Gasteiger partial charge in [-0.3, -0.25) is 4.79 Å². The first-order valence-corrected chi connectivity index (χ1v) is 6.43. The summed E-state index contributed by atoms with van der Waals surface area (Å²) in [6.07, 6.45) is -2.22. The number of nitrogens with one attached hydrogen (secondary N) is 1. The maximum atomic E-state index is 12.8. The summed E-state index contributed by atoms with van der Waals surface area (Å²) >= 11 is 0. The molecule has 0 heterocycles. The standard InChI is InChI=1S/C12H18F3NO2/c13-12(14,15)10-4-2-1-3-9(10)11(18)16-7-5-8(17)6-7/h7-10,17H,1-6H2,(H,16,18). The molecule has 2 unspecified atom stereocenters. The van der Waals surface area contributed by atoms with Gasteiger partial charge in [-0.05, 0) is 25.7 Å². The first-order chi connectivity index (χ1) is 8.38. The van der Waals surface area contributed by atoms with E-state index in [2.05, 4.69) is 5.32 Å². The highest BCUT2D eigenvalue weighted by Gasteiger charge is 2.48. The van der Waals surface area contributed by atoms with Crippen molar-refractivity contribution in [1.29, 1.82) is 0 Å². The third-order valence-electron chi connectivity index (χ3n) is 3.98. The van der Waals surface area contributed by atoms with Gasteiger partial charge in [0.25, 0.3) is 0 Å². The summed E-state index contributed by atoms with van der Waals surface area (Å²) in [7, 11) is 0. The average Bonchev–Trinajstić information content (AvgIpc) is 2.26. The number of hydrogen-bond acceptors (Lipinski definition) is 2. The fourth-order valence-electron chi connectivity index (χ4n) is 2.85. The molecule has 2 aliphatic carbocycles. The van der Waals surface area contributed by atoms with E-state index in [1.807, 2.05) is 0 Å². The van der Waals surface area contributed by atoms with Gasteiger partial charge in [0.15, 0.2) is 0 Å². The quantitative estimate of drug-likeness (QED) is 0.802. The average molecular weight is 265 g/mol. The Labute approximate surface area is 104 Å². The van der Waals surface area contributed by atoms with Crippen LogP contribution >= 0.6 is 0 Å². The molecule has 0 bridgehead atoms. The van der Waals surface area contributed by atoms with E-state index < -0.39 is 30.0 Å². The topological polar surface area (TPSA) is 49.3 Å². The number of halogens is 3. The molecule has 2 N–H and O–H groups in total. The van der Waals surface area contributed by atoms with Crippen LogP contribution in [0.2, 0.25) is 0 Å². The van der Waals surface area contributed by atoms with Crippen LogP contribution < -0.4 is 5.32 Å². The number of alkyl halides is 3. The van der Waals surface area contributed by atoms with Gasteiger partial charge in [-0.25, -0.2) is 0 Å². The summed E-state index contributed by atoms with van der Waals surface area (Å²) in [6.45, 7) is 0. The van der Waals surface area contributed by atoms with Gasteiger partial charge in [0, 0.05) is 12.0 Å². The molecule has 6 heteroatoms. The number of aliphatic hydroxyl groups is 1. The molecule has 1 amide bonds. The van der Waals surface area contributed by atoms with Crippen molar-refractivity contribution in [3.8, 4) is 0 Å². The van der Waals surface area contributed by atoms with Crippen LogP contribution in [0.15, 0.2) is 0 Å². The molecule has 18 heavy (non-hydrogen) atoms. The van der Waals surface area contributed by atoms with Crippen molar-refractivity contribution in [1.82, 2.24) is 5.32 Å². The Morgan fingerprint density at radius 1 is 1.17 bits per heavy atom. The predicted octanol–water partition coefficient (Wildman–Crippen LogP) is 1.99. The van der Waals surface area contributed by atoms with E-state index in [9.17, 15) is 18.0 Å². The first kappa shape index (κ1) is 13.6. The Kier molecular flexibility index (Phi) is 3.84. The maximum absolute atomic E-state index is 12.8. The van der Waals surface area contributed by atoms with Crippen LogP contribution in [0.25, 0.3) is 0 Å². The van der Waals surface area contributed by atoms with Gasteiger partial charge in [0.05, 0.1) is 12.0 Å². The van der Waals surface area contributed by atoms with Crippen LogP contribution in [0.3, 0.4) is 0 Å². The lowest BCUT2D eigenvalue weighted by Crippen LogP contribution is -2.51. The van der Waals surface area contributed by atoms with Crippen molar-refractivity contribution in [3.63, 3.8) is 0 Å². The monoisotopic (exact) mass is 265 g/mol. The smallest absolute Gasteiger partial charge is 0.392 e. The van der Waals surface area contributed by atoms with E-state index in [1.54, 1.807) is 0 Å². The van der Waals surface area contributed by atoms with E-state index >= 15 is 0 Å². The maximum Gasteiger partial charge on any atom is 0.392 e. The molecule has 0 aromatic rings. The van der Waals surface area contributed by atoms with Crippen LogP contribution in [0.1, 0.15) is 38.5 Å². The molecule has 0 spiro atoms. The molecule has 104 valence electrons. The fraction of sp³-hybridized carbons (Fsp3) is 0.917. The molecular weight excluding hydrogens is 247 g/mol. The Hall–Kier alpha value is -0.780. The number of amides is 1. The Morgan fingerprint density at radius 3 is 2.33 bits per heavy atom. The zero-order valence-corrected chi connectivity index (χ0v) is 10.0. The second kappa shape index (κ2) is 5.07. The van der Waals surface area contributed by atoms with Crippen molar-refractivity contribution in [2.24, 2.45) is 11.8 Å². The fourth-order valence-corrected chi connectivity index (χ4v) is 2.85. The van der Waals surface area contributed by atoms with Crippen LogP contribution in [-0.4, -0.2) is 29.3 Å². The molecule has 2 aliphatic rings. The van der Waals surface area contributed by atoms with Crippen molar-refractivity contribution in [2.75, 3.05) is 0 Å². The zero-order valence-electron chi connectivity index (χ0n) is 10.0. The van der Waals surface area contributed by atoms with E-state index in [4.69, 9.17) is 5.11 Å². The Bertz CT molecular complexity index is 313. The number of hydrogen-bond donors (Lipinski definition) is 2. The van der Waals surface area contributed by atoms with Crippen LogP contribution in [-0.2, 0) is 4.79 Å². The molecule has 0 aromatic carbocycles. The SMILES string of the molecule is O=C(NC1CC(O)C1)C1CCCCC1C(F)(F)F. The van der Waals surface area contributed by atoms with E-state index in [-0.39, 0.29) is 12.5 Å². The molecule has 2 fully saturated rings. The summed E-state index contributed by atoms with van der Waals surface area (Å²) in [5.74, 6) is -2.94. The molecule has 3 nitrogen and oxygen atoms in total. The minimum atomic E-state index is -4.29. The molecule has 2 rings (SSSR count). The first-order valence-electron chi connectivity index (χ1n) is 6.43. The largest absolute Gasteiger partial charge is 0.393 e. The minimum Gasteiger partial charge on any atom is -0.393 e. The summed E-state index contributed by atoms with van der Waals surface area (Å²) in [5.41, 5.74) is 0. The number of aliphatic hydroxyl groups excluding tert-OH is 1. The number of carbonyl (C=O) groups excluding carboxylic acids is 1. The molecule has 0 aromatic heterocycles. The van der Waals surface area contributed by atoms with Crippen molar-refractivity contribution < 1.29 is 23.1 Å². The van der Waals surface area contributed by atoms with Gasteiger partial charge in [-0.2, -0.15) is 13.2 Å². The molecule has 0 radical (unpaired) electrons. The summed E-state index contributed by atoms with van der Waals surface area (Å²) in [4.78, 5) is 11.9.